The fourth-order valence-corrected chi connectivity index (χ4v) is 2.39. The molecule has 0 radical (unpaired) electrons. The molecule has 0 unspecified atom stereocenters. The van der Waals surface area contributed by atoms with Crippen molar-refractivity contribution in [2.75, 3.05) is 0 Å². The van der Waals surface area contributed by atoms with Gasteiger partial charge in [0.2, 0.25) is 0 Å². The highest BCUT2D eigenvalue weighted by molar-refractivity contribution is 6.35. The van der Waals surface area contributed by atoms with Gasteiger partial charge in [-0.2, -0.15) is 0 Å². The highest BCUT2D eigenvalue weighted by Crippen LogP contribution is 2.29. The second-order valence-corrected chi connectivity index (χ2v) is 5.20. The number of nitrogens with two attached hydrogens (primary N) is 1. The maximum absolute atomic E-state index is 11.6. The van der Waals surface area contributed by atoms with Crippen molar-refractivity contribution >= 4 is 28.4 Å². The lowest BCUT2D eigenvalue weighted by molar-refractivity contribution is 0.0996. The van der Waals surface area contributed by atoms with Crippen molar-refractivity contribution in [1.82, 2.24) is 4.98 Å². The number of halogens is 1. The summed E-state index contributed by atoms with van der Waals surface area (Å²) in [6.07, 6.45) is 1.58. The molecule has 3 rings (SSSR count). The van der Waals surface area contributed by atoms with Crippen LogP contribution in [0.1, 0.15) is 15.9 Å². The van der Waals surface area contributed by atoms with Crippen LogP contribution in [0, 0.1) is 0 Å². The summed E-state index contributed by atoms with van der Waals surface area (Å²) in [6.45, 7) is 0.338. The normalized spacial score (nSPS) is 10.6. The van der Waals surface area contributed by atoms with Crippen molar-refractivity contribution in [2.45, 2.75) is 6.61 Å². The third kappa shape index (κ3) is 2.87. The largest absolute Gasteiger partial charge is 0.488 e. The Kier molecular flexibility index (Phi) is 3.94. The number of hydrogen-bond acceptors (Lipinski definition) is 3. The molecule has 0 aliphatic carbocycles. The molecule has 0 spiro atoms. The van der Waals surface area contributed by atoms with E-state index < -0.39 is 5.91 Å². The number of amides is 1. The van der Waals surface area contributed by atoms with E-state index in [0.29, 0.717) is 22.9 Å². The SMILES string of the molecule is NC(=O)c1cc2nccc(Cl)c2cc1OCc1ccccc1. The first kappa shape index (κ1) is 14.4. The summed E-state index contributed by atoms with van der Waals surface area (Å²) < 4.78 is 5.76. The van der Waals surface area contributed by atoms with Crippen LogP contribution in [-0.4, -0.2) is 10.9 Å². The van der Waals surface area contributed by atoms with Crippen molar-refractivity contribution in [3.63, 3.8) is 0 Å². The molecule has 0 aliphatic heterocycles. The first-order valence-corrected chi connectivity index (χ1v) is 7.08. The van der Waals surface area contributed by atoms with Crippen LogP contribution >= 0.6 is 11.6 Å². The lowest BCUT2D eigenvalue weighted by Gasteiger charge is -2.11. The number of pyridine rings is 1. The number of carbonyl (C=O) groups is 1. The van der Waals surface area contributed by atoms with Crippen molar-refractivity contribution < 1.29 is 9.53 Å². The molecule has 3 aromatic rings. The maximum atomic E-state index is 11.6. The van der Waals surface area contributed by atoms with E-state index in [9.17, 15) is 4.79 Å². The van der Waals surface area contributed by atoms with Gasteiger partial charge in [0.25, 0.3) is 5.91 Å². The third-order valence-electron chi connectivity index (χ3n) is 3.29. The van der Waals surface area contributed by atoms with Crippen molar-refractivity contribution in [1.29, 1.82) is 0 Å². The molecule has 0 saturated carbocycles. The van der Waals surface area contributed by atoms with E-state index in [4.69, 9.17) is 22.1 Å². The molecule has 0 fully saturated rings. The molecule has 1 aromatic heterocycles. The Bertz CT molecular complexity index is 835. The van der Waals surface area contributed by atoms with Gasteiger partial charge < -0.3 is 10.5 Å². The van der Waals surface area contributed by atoms with E-state index in [1.54, 1.807) is 24.4 Å². The number of rotatable bonds is 4. The molecular weight excluding hydrogens is 300 g/mol. The van der Waals surface area contributed by atoms with Gasteiger partial charge in [0, 0.05) is 11.6 Å². The van der Waals surface area contributed by atoms with Gasteiger partial charge in [0.05, 0.1) is 16.1 Å². The van der Waals surface area contributed by atoms with Crippen LogP contribution in [0.3, 0.4) is 0 Å². The second-order valence-electron chi connectivity index (χ2n) is 4.80. The number of aromatic nitrogens is 1. The van der Waals surface area contributed by atoms with Gasteiger partial charge in [-0.15, -0.1) is 0 Å². The molecule has 5 heteroatoms. The minimum Gasteiger partial charge on any atom is -0.488 e. The first-order chi connectivity index (χ1) is 10.6. The van der Waals surface area contributed by atoms with Gasteiger partial charge in [0.1, 0.15) is 12.4 Å². The zero-order valence-electron chi connectivity index (χ0n) is 11.6. The Hall–Kier alpha value is -2.59. The minimum absolute atomic E-state index is 0.290. The summed E-state index contributed by atoms with van der Waals surface area (Å²) >= 11 is 6.17. The van der Waals surface area contributed by atoms with E-state index in [1.807, 2.05) is 30.3 Å². The van der Waals surface area contributed by atoms with Gasteiger partial charge in [-0.05, 0) is 23.8 Å². The highest BCUT2D eigenvalue weighted by atomic mass is 35.5. The topological polar surface area (TPSA) is 65.2 Å². The number of nitrogens with zero attached hydrogens (tertiary/aromatic N) is 1. The Morgan fingerprint density at radius 2 is 1.95 bits per heavy atom. The number of ether oxygens (including phenoxy) is 1. The molecule has 0 saturated heterocycles. The van der Waals surface area contributed by atoms with E-state index in [-0.39, 0.29) is 5.56 Å². The predicted octanol–water partition coefficient (Wildman–Crippen LogP) is 3.57. The van der Waals surface area contributed by atoms with E-state index >= 15 is 0 Å². The van der Waals surface area contributed by atoms with Crippen molar-refractivity contribution in [3.8, 4) is 5.75 Å². The molecule has 0 bridgehead atoms. The Morgan fingerprint density at radius 1 is 1.18 bits per heavy atom. The van der Waals surface area contributed by atoms with Crippen molar-refractivity contribution in [3.05, 3.63) is 70.9 Å². The van der Waals surface area contributed by atoms with E-state index in [2.05, 4.69) is 4.98 Å². The monoisotopic (exact) mass is 312 g/mol. The summed E-state index contributed by atoms with van der Waals surface area (Å²) in [5.74, 6) is -0.162. The van der Waals surface area contributed by atoms with Crippen LogP contribution in [-0.2, 0) is 6.61 Å². The van der Waals surface area contributed by atoms with Gasteiger partial charge in [-0.1, -0.05) is 41.9 Å². The average molecular weight is 313 g/mol. The Labute approximate surface area is 132 Å². The van der Waals surface area contributed by atoms with Crippen LogP contribution in [0.5, 0.6) is 5.75 Å². The van der Waals surface area contributed by atoms with E-state index in [0.717, 1.165) is 10.9 Å². The average Bonchev–Trinajstić information content (AvgIpc) is 2.53. The predicted molar refractivity (Wildman–Crippen MR) is 86.0 cm³/mol. The molecule has 2 N–H and O–H groups in total. The minimum atomic E-state index is -0.563. The van der Waals surface area contributed by atoms with Crippen LogP contribution in [0.25, 0.3) is 10.9 Å². The number of fused-ring (bicyclic) bond motifs is 1. The summed E-state index contributed by atoms with van der Waals surface area (Å²) in [6, 6.07) is 14.7. The fraction of sp³-hybridized carbons (Fsp3) is 0.0588. The second kappa shape index (κ2) is 6.03. The number of hydrogen-bond donors (Lipinski definition) is 1. The lowest BCUT2D eigenvalue weighted by atomic mass is 10.1. The zero-order valence-corrected chi connectivity index (χ0v) is 12.4. The van der Waals surface area contributed by atoms with Crippen LogP contribution in [0.4, 0.5) is 0 Å². The number of primary amides is 1. The zero-order chi connectivity index (χ0) is 15.5. The molecule has 1 amide bonds. The molecule has 0 aliphatic rings. The molecule has 2 aromatic carbocycles. The summed E-state index contributed by atoms with van der Waals surface area (Å²) in [5, 5.41) is 1.27. The molecular formula is C17H13ClN2O2. The molecule has 1 heterocycles. The molecule has 22 heavy (non-hydrogen) atoms. The Morgan fingerprint density at radius 3 is 2.68 bits per heavy atom. The van der Waals surface area contributed by atoms with Crippen LogP contribution in [0.15, 0.2) is 54.7 Å². The molecule has 0 atom stereocenters. The smallest absolute Gasteiger partial charge is 0.252 e. The van der Waals surface area contributed by atoms with Crippen LogP contribution < -0.4 is 10.5 Å². The molecule has 4 nitrogen and oxygen atoms in total. The van der Waals surface area contributed by atoms with Gasteiger partial charge in [0.15, 0.2) is 0 Å². The van der Waals surface area contributed by atoms with Crippen molar-refractivity contribution in [2.24, 2.45) is 5.73 Å². The first-order valence-electron chi connectivity index (χ1n) is 6.70. The third-order valence-corrected chi connectivity index (χ3v) is 3.62. The lowest BCUT2D eigenvalue weighted by Crippen LogP contribution is -2.13. The van der Waals surface area contributed by atoms with Gasteiger partial charge in [-0.25, -0.2) is 0 Å². The summed E-state index contributed by atoms with van der Waals surface area (Å²) in [7, 11) is 0. The van der Waals surface area contributed by atoms with Gasteiger partial charge >= 0.3 is 0 Å². The summed E-state index contributed by atoms with van der Waals surface area (Å²) in [4.78, 5) is 15.8. The molecule has 110 valence electrons. The maximum Gasteiger partial charge on any atom is 0.252 e. The summed E-state index contributed by atoms with van der Waals surface area (Å²) in [5.41, 5.74) is 7.32. The number of carbonyl (C=O) groups excluding carboxylic acids is 1. The van der Waals surface area contributed by atoms with Crippen LogP contribution in [0.2, 0.25) is 5.02 Å². The number of benzene rings is 2. The van der Waals surface area contributed by atoms with E-state index in [1.165, 1.54) is 0 Å². The Balaban J connectivity index is 2.01. The fourth-order valence-electron chi connectivity index (χ4n) is 2.19. The van der Waals surface area contributed by atoms with Gasteiger partial charge in [-0.3, -0.25) is 9.78 Å². The quantitative estimate of drug-likeness (QED) is 0.801. The standard InChI is InChI=1S/C17H13ClN2O2/c18-14-6-7-20-15-8-13(17(19)21)16(9-12(14)15)22-10-11-4-2-1-3-5-11/h1-9H,10H2,(H2,19,21). The highest BCUT2D eigenvalue weighted by Gasteiger charge is 2.13.